The zero-order valence-electron chi connectivity index (χ0n) is 10.7. The number of aliphatic hydroxyl groups excluding tert-OH is 1. The van der Waals surface area contributed by atoms with Gasteiger partial charge in [-0.3, -0.25) is 4.98 Å². The van der Waals surface area contributed by atoms with Crippen LogP contribution in [0.25, 0.3) is 0 Å². The lowest BCUT2D eigenvalue weighted by molar-refractivity contribution is 0.281. The highest BCUT2D eigenvalue weighted by Gasteiger charge is 2.06. The van der Waals surface area contributed by atoms with Crippen molar-refractivity contribution in [2.45, 2.75) is 20.1 Å². The summed E-state index contributed by atoms with van der Waals surface area (Å²) in [6.07, 6.45) is 1.78. The zero-order chi connectivity index (χ0) is 13.0. The number of aromatic nitrogens is 2. The predicted molar refractivity (Wildman–Crippen MR) is 71.2 cm³/mol. The van der Waals surface area contributed by atoms with E-state index in [9.17, 15) is 5.11 Å². The summed E-state index contributed by atoms with van der Waals surface area (Å²) in [4.78, 5) is 10.8. The quantitative estimate of drug-likeness (QED) is 0.891. The molecule has 4 nitrogen and oxygen atoms in total. The fourth-order valence-electron chi connectivity index (χ4n) is 1.82. The molecule has 1 N–H and O–H groups in total. The maximum Gasteiger partial charge on any atom is 0.129 e. The van der Waals surface area contributed by atoms with Gasteiger partial charge in [0.1, 0.15) is 5.82 Å². The summed E-state index contributed by atoms with van der Waals surface area (Å²) >= 11 is 0. The van der Waals surface area contributed by atoms with Gasteiger partial charge in [0.15, 0.2) is 0 Å². The van der Waals surface area contributed by atoms with Crippen molar-refractivity contribution < 1.29 is 5.11 Å². The highest BCUT2D eigenvalue weighted by atomic mass is 16.3. The SMILES string of the molecule is Cc1cc(CO)cc(N(C)Cc2ccccn2)n1. The van der Waals surface area contributed by atoms with Crippen molar-refractivity contribution in [2.24, 2.45) is 0 Å². The van der Waals surface area contributed by atoms with E-state index in [1.807, 2.05) is 49.2 Å². The molecular weight excluding hydrogens is 226 g/mol. The van der Waals surface area contributed by atoms with Crippen molar-refractivity contribution in [1.29, 1.82) is 0 Å². The maximum absolute atomic E-state index is 9.20. The summed E-state index contributed by atoms with van der Waals surface area (Å²) in [5, 5.41) is 9.20. The molecule has 0 aliphatic heterocycles. The van der Waals surface area contributed by atoms with Crippen LogP contribution in [0.2, 0.25) is 0 Å². The molecule has 0 atom stereocenters. The highest BCUT2D eigenvalue weighted by molar-refractivity contribution is 5.42. The largest absolute Gasteiger partial charge is 0.392 e. The lowest BCUT2D eigenvalue weighted by Crippen LogP contribution is -2.19. The Morgan fingerprint density at radius 1 is 1.28 bits per heavy atom. The molecule has 0 aromatic carbocycles. The Morgan fingerprint density at radius 2 is 2.11 bits per heavy atom. The summed E-state index contributed by atoms with van der Waals surface area (Å²) in [7, 11) is 1.97. The second-order valence-electron chi connectivity index (χ2n) is 4.31. The van der Waals surface area contributed by atoms with Crippen LogP contribution in [0, 0.1) is 6.92 Å². The van der Waals surface area contributed by atoms with Gasteiger partial charge in [0.25, 0.3) is 0 Å². The molecule has 0 saturated heterocycles. The third-order valence-electron chi connectivity index (χ3n) is 2.70. The van der Waals surface area contributed by atoms with Gasteiger partial charge in [-0.2, -0.15) is 0 Å². The number of aryl methyl sites for hydroxylation is 1. The van der Waals surface area contributed by atoms with Gasteiger partial charge >= 0.3 is 0 Å². The van der Waals surface area contributed by atoms with Gasteiger partial charge in [0, 0.05) is 18.9 Å². The Hall–Kier alpha value is -1.94. The molecule has 4 heteroatoms. The van der Waals surface area contributed by atoms with E-state index < -0.39 is 0 Å². The first-order chi connectivity index (χ1) is 8.69. The van der Waals surface area contributed by atoms with Crippen LogP contribution in [0.3, 0.4) is 0 Å². The molecule has 18 heavy (non-hydrogen) atoms. The average Bonchev–Trinajstić information content (AvgIpc) is 2.39. The minimum absolute atomic E-state index is 0.0355. The lowest BCUT2D eigenvalue weighted by atomic mass is 10.2. The number of aliphatic hydroxyl groups is 1. The minimum Gasteiger partial charge on any atom is -0.392 e. The molecule has 0 aliphatic rings. The predicted octanol–water partition coefficient (Wildman–Crippen LogP) is 1.91. The van der Waals surface area contributed by atoms with Gasteiger partial charge in [-0.05, 0) is 36.8 Å². The monoisotopic (exact) mass is 243 g/mol. The van der Waals surface area contributed by atoms with Crippen LogP contribution in [-0.2, 0) is 13.2 Å². The molecule has 0 bridgehead atoms. The van der Waals surface area contributed by atoms with Crippen LogP contribution < -0.4 is 4.90 Å². The van der Waals surface area contributed by atoms with E-state index in [1.165, 1.54) is 0 Å². The Balaban J connectivity index is 2.18. The smallest absolute Gasteiger partial charge is 0.129 e. The van der Waals surface area contributed by atoms with Crippen LogP contribution in [0.4, 0.5) is 5.82 Å². The van der Waals surface area contributed by atoms with E-state index in [2.05, 4.69) is 9.97 Å². The topological polar surface area (TPSA) is 49.2 Å². The number of hydrogen-bond acceptors (Lipinski definition) is 4. The van der Waals surface area contributed by atoms with Crippen LogP contribution in [0.15, 0.2) is 36.5 Å². The summed E-state index contributed by atoms with van der Waals surface area (Å²) in [5.41, 5.74) is 2.78. The molecule has 2 aromatic heterocycles. The molecule has 0 saturated carbocycles. The second kappa shape index (κ2) is 5.60. The summed E-state index contributed by atoms with van der Waals surface area (Å²) < 4.78 is 0. The molecule has 0 fully saturated rings. The first kappa shape index (κ1) is 12.5. The molecule has 0 spiro atoms. The zero-order valence-corrected chi connectivity index (χ0v) is 10.7. The Kier molecular flexibility index (Phi) is 3.89. The molecule has 0 unspecified atom stereocenters. The van der Waals surface area contributed by atoms with E-state index in [1.54, 1.807) is 6.20 Å². The van der Waals surface area contributed by atoms with Crippen LogP contribution in [-0.4, -0.2) is 22.1 Å². The normalized spacial score (nSPS) is 10.4. The first-order valence-corrected chi connectivity index (χ1v) is 5.88. The second-order valence-corrected chi connectivity index (χ2v) is 4.31. The molecule has 0 radical (unpaired) electrons. The van der Waals surface area contributed by atoms with Gasteiger partial charge in [0.2, 0.25) is 0 Å². The van der Waals surface area contributed by atoms with E-state index in [4.69, 9.17) is 0 Å². The standard InChI is InChI=1S/C14H17N3O/c1-11-7-12(10-18)8-14(16-11)17(2)9-13-5-3-4-6-15-13/h3-8,18H,9-10H2,1-2H3. The molecule has 94 valence electrons. The summed E-state index contributed by atoms with van der Waals surface area (Å²) in [5.74, 6) is 0.852. The van der Waals surface area contributed by atoms with Gasteiger partial charge in [-0.1, -0.05) is 6.07 Å². The van der Waals surface area contributed by atoms with Crippen LogP contribution >= 0.6 is 0 Å². The summed E-state index contributed by atoms with van der Waals surface area (Å²) in [6.45, 7) is 2.66. The molecular formula is C14H17N3O. The number of pyridine rings is 2. The van der Waals surface area contributed by atoms with E-state index >= 15 is 0 Å². The highest BCUT2D eigenvalue weighted by Crippen LogP contribution is 2.15. The third-order valence-corrected chi connectivity index (χ3v) is 2.70. The fourth-order valence-corrected chi connectivity index (χ4v) is 1.82. The molecule has 2 heterocycles. The van der Waals surface area contributed by atoms with Crippen molar-refractivity contribution in [3.63, 3.8) is 0 Å². The van der Waals surface area contributed by atoms with Crippen molar-refractivity contribution >= 4 is 5.82 Å². The first-order valence-electron chi connectivity index (χ1n) is 5.88. The number of anilines is 1. The number of rotatable bonds is 4. The lowest BCUT2D eigenvalue weighted by Gasteiger charge is -2.18. The van der Waals surface area contributed by atoms with Gasteiger partial charge in [-0.15, -0.1) is 0 Å². The van der Waals surface area contributed by atoms with Crippen molar-refractivity contribution in [3.8, 4) is 0 Å². The van der Waals surface area contributed by atoms with Crippen LogP contribution in [0.1, 0.15) is 17.0 Å². The van der Waals surface area contributed by atoms with Crippen molar-refractivity contribution in [2.75, 3.05) is 11.9 Å². The summed E-state index contributed by atoms with van der Waals surface area (Å²) in [6, 6.07) is 9.64. The maximum atomic E-state index is 9.20. The van der Waals surface area contributed by atoms with Gasteiger partial charge in [-0.25, -0.2) is 4.98 Å². The van der Waals surface area contributed by atoms with E-state index in [0.717, 1.165) is 22.8 Å². The Labute approximate surface area is 107 Å². The number of nitrogens with zero attached hydrogens (tertiary/aromatic N) is 3. The average molecular weight is 243 g/mol. The van der Waals surface area contributed by atoms with Crippen molar-refractivity contribution in [1.82, 2.24) is 9.97 Å². The van der Waals surface area contributed by atoms with Crippen LogP contribution in [0.5, 0.6) is 0 Å². The van der Waals surface area contributed by atoms with Crippen molar-refractivity contribution in [3.05, 3.63) is 53.5 Å². The molecule has 0 amide bonds. The number of hydrogen-bond donors (Lipinski definition) is 1. The minimum atomic E-state index is 0.0355. The Bertz CT molecular complexity index is 514. The van der Waals surface area contributed by atoms with E-state index in [-0.39, 0.29) is 6.61 Å². The molecule has 0 aliphatic carbocycles. The third kappa shape index (κ3) is 3.05. The van der Waals surface area contributed by atoms with E-state index in [0.29, 0.717) is 6.54 Å². The Morgan fingerprint density at radius 3 is 2.78 bits per heavy atom. The van der Waals surface area contributed by atoms with Gasteiger partial charge in [0.05, 0.1) is 18.8 Å². The van der Waals surface area contributed by atoms with Gasteiger partial charge < -0.3 is 10.0 Å². The molecule has 2 aromatic rings. The fraction of sp³-hybridized carbons (Fsp3) is 0.286. The molecule has 2 rings (SSSR count).